The van der Waals surface area contributed by atoms with Crippen LogP contribution in [0.1, 0.15) is 31.7 Å². The van der Waals surface area contributed by atoms with Gasteiger partial charge < -0.3 is 9.26 Å². The first-order valence-corrected chi connectivity index (χ1v) is 12.9. The summed E-state index contributed by atoms with van der Waals surface area (Å²) in [6, 6.07) is 17.7. The molecule has 3 aliphatic heterocycles. The third kappa shape index (κ3) is 2.97. The molecule has 3 aliphatic rings. The van der Waals surface area contributed by atoms with Crippen LogP contribution >= 0.6 is 11.6 Å². The van der Waals surface area contributed by atoms with Crippen LogP contribution in [0.2, 0.25) is 5.02 Å². The van der Waals surface area contributed by atoms with E-state index in [0.717, 1.165) is 0 Å². The Morgan fingerprint density at radius 1 is 1.00 bits per heavy atom. The number of amides is 2. The monoisotopic (exact) mass is 527 g/mol. The van der Waals surface area contributed by atoms with Gasteiger partial charge in [0.05, 0.1) is 52.3 Å². The number of carbonyl (C=O) groups excluding carboxylic acids is 2. The minimum Gasteiger partial charge on any atom is -0.376 e. The molecule has 9 heteroatoms. The summed E-state index contributed by atoms with van der Waals surface area (Å²) >= 11 is 6.05. The van der Waals surface area contributed by atoms with Crippen molar-refractivity contribution in [2.24, 2.45) is 11.8 Å². The van der Waals surface area contributed by atoms with Crippen LogP contribution in [0.5, 0.6) is 0 Å². The lowest BCUT2D eigenvalue weighted by Crippen LogP contribution is -2.43. The zero-order valence-electron chi connectivity index (χ0n) is 20.4. The standard InChI is InChI=1S/C29H22ClN3O5/c1-28-10-11-29(38-28,12-13-32-25(34)20-8-7-17(30)14-22(20)37-32)24-23(28)26(35)33(27(24)36)21-9-6-16(15-31)18-4-2-3-5-19(18)21/h2-9,14,23-24H,10-13H2,1H3/t23-,24+,28-,29-/m1/s1. The zero-order chi connectivity index (χ0) is 26.4. The van der Waals surface area contributed by atoms with Gasteiger partial charge in [0.2, 0.25) is 11.8 Å². The number of imide groups is 1. The van der Waals surface area contributed by atoms with Crippen molar-refractivity contribution in [3.8, 4) is 6.07 Å². The summed E-state index contributed by atoms with van der Waals surface area (Å²) in [6.45, 7) is 2.10. The lowest BCUT2D eigenvalue weighted by Gasteiger charge is -2.31. The van der Waals surface area contributed by atoms with Crippen molar-refractivity contribution >= 4 is 50.8 Å². The SMILES string of the molecule is C[C@]12CC[C@](CCn3oc4cc(Cl)ccc4c3=O)(O1)[C@@H]1C(=O)N(c3ccc(C#N)c4ccccc34)C(=O)[C@@H]12. The van der Waals surface area contributed by atoms with Gasteiger partial charge in [0.15, 0.2) is 5.58 Å². The fourth-order valence-electron chi connectivity index (χ4n) is 6.90. The van der Waals surface area contributed by atoms with Crippen LogP contribution in [0.15, 0.2) is 63.9 Å². The van der Waals surface area contributed by atoms with E-state index >= 15 is 0 Å². The van der Waals surface area contributed by atoms with Crippen LogP contribution in [-0.4, -0.2) is 27.8 Å². The number of anilines is 1. The van der Waals surface area contributed by atoms with Crippen LogP contribution in [0.25, 0.3) is 21.7 Å². The van der Waals surface area contributed by atoms with Gasteiger partial charge in [-0.2, -0.15) is 10.0 Å². The maximum atomic E-state index is 14.0. The molecule has 0 N–H and O–H groups in total. The maximum Gasteiger partial charge on any atom is 0.290 e. The lowest BCUT2D eigenvalue weighted by molar-refractivity contribution is -0.131. The number of rotatable bonds is 4. The second-order valence-electron chi connectivity index (χ2n) is 10.6. The zero-order valence-corrected chi connectivity index (χ0v) is 21.2. The second-order valence-corrected chi connectivity index (χ2v) is 11.1. The molecule has 2 bridgehead atoms. The van der Waals surface area contributed by atoms with E-state index in [4.69, 9.17) is 20.9 Å². The Labute approximate surface area is 221 Å². The molecule has 3 aromatic carbocycles. The molecule has 190 valence electrons. The third-order valence-corrected chi connectivity index (χ3v) is 8.86. The van der Waals surface area contributed by atoms with Crippen molar-refractivity contribution in [2.45, 2.75) is 43.9 Å². The van der Waals surface area contributed by atoms with Crippen LogP contribution in [0, 0.1) is 23.2 Å². The summed E-state index contributed by atoms with van der Waals surface area (Å²) < 4.78 is 13.6. The quantitative estimate of drug-likeness (QED) is 0.353. The Morgan fingerprint density at radius 3 is 2.55 bits per heavy atom. The highest BCUT2D eigenvalue weighted by Gasteiger charge is 2.73. The summed E-state index contributed by atoms with van der Waals surface area (Å²) in [4.78, 5) is 42.1. The van der Waals surface area contributed by atoms with Crippen LogP contribution in [0.4, 0.5) is 5.69 Å². The van der Waals surface area contributed by atoms with Crippen molar-refractivity contribution in [1.82, 2.24) is 4.74 Å². The smallest absolute Gasteiger partial charge is 0.290 e. The Hall–Kier alpha value is -3.93. The molecule has 0 spiro atoms. The molecule has 4 heterocycles. The number of nitrogens with zero attached hydrogens (tertiary/aromatic N) is 3. The molecule has 2 amide bonds. The number of nitriles is 1. The summed E-state index contributed by atoms with van der Waals surface area (Å²) in [5.41, 5.74) is -0.587. The average Bonchev–Trinajstić information content (AvgIpc) is 3.58. The van der Waals surface area contributed by atoms with Crippen molar-refractivity contribution in [3.05, 3.63) is 75.5 Å². The fraction of sp³-hybridized carbons (Fsp3) is 0.310. The number of aryl methyl sites for hydroxylation is 1. The molecule has 8 nitrogen and oxygen atoms in total. The van der Waals surface area contributed by atoms with Crippen molar-refractivity contribution in [3.63, 3.8) is 0 Å². The summed E-state index contributed by atoms with van der Waals surface area (Å²) in [7, 11) is 0. The number of carbonyl (C=O) groups is 2. The first kappa shape index (κ1) is 23.2. The topological polar surface area (TPSA) is 106 Å². The highest BCUT2D eigenvalue weighted by Crippen LogP contribution is 2.62. The number of hydrogen-bond donors (Lipinski definition) is 0. The van der Waals surface area contributed by atoms with E-state index in [1.165, 1.54) is 9.64 Å². The van der Waals surface area contributed by atoms with Gasteiger partial charge in [0, 0.05) is 21.9 Å². The molecular formula is C29H22ClN3O5. The number of benzene rings is 3. The van der Waals surface area contributed by atoms with E-state index < -0.39 is 23.0 Å². The van der Waals surface area contributed by atoms with Crippen LogP contribution in [-0.2, 0) is 20.9 Å². The van der Waals surface area contributed by atoms with Crippen molar-refractivity contribution in [2.75, 3.05) is 4.90 Å². The molecule has 38 heavy (non-hydrogen) atoms. The average molecular weight is 528 g/mol. The molecule has 1 aromatic heterocycles. The van der Waals surface area contributed by atoms with Crippen molar-refractivity contribution in [1.29, 1.82) is 5.26 Å². The van der Waals surface area contributed by atoms with Gasteiger partial charge in [-0.05, 0) is 50.5 Å². The number of fused-ring (bicyclic) bond motifs is 7. The number of hydrogen-bond acceptors (Lipinski definition) is 6. The molecule has 0 unspecified atom stereocenters. The molecule has 3 saturated heterocycles. The summed E-state index contributed by atoms with van der Waals surface area (Å²) in [5, 5.41) is 11.8. The van der Waals surface area contributed by atoms with E-state index in [-0.39, 0.29) is 23.9 Å². The molecular weight excluding hydrogens is 506 g/mol. The van der Waals surface area contributed by atoms with Gasteiger partial charge in [-0.15, -0.1) is 0 Å². The normalized spacial score (nSPS) is 28.0. The minimum atomic E-state index is -0.890. The fourth-order valence-corrected chi connectivity index (χ4v) is 7.07. The Bertz CT molecular complexity index is 1800. The third-order valence-electron chi connectivity index (χ3n) is 8.62. The van der Waals surface area contributed by atoms with Gasteiger partial charge in [0.1, 0.15) is 0 Å². The first-order valence-electron chi connectivity index (χ1n) is 12.6. The second kappa shape index (κ2) is 7.79. The maximum absolute atomic E-state index is 14.0. The lowest BCUT2D eigenvalue weighted by atomic mass is 9.67. The van der Waals surface area contributed by atoms with E-state index in [1.54, 1.807) is 30.3 Å². The number of ether oxygens (including phenoxy) is 1. The molecule has 0 radical (unpaired) electrons. The van der Waals surface area contributed by atoms with E-state index in [2.05, 4.69) is 6.07 Å². The van der Waals surface area contributed by atoms with Gasteiger partial charge >= 0.3 is 0 Å². The molecule has 0 aliphatic carbocycles. The van der Waals surface area contributed by atoms with E-state index in [0.29, 0.717) is 57.3 Å². The molecule has 4 aromatic rings. The Balaban J connectivity index is 1.26. The molecule has 0 saturated carbocycles. The summed E-state index contributed by atoms with van der Waals surface area (Å²) in [5.74, 6) is -1.88. The largest absolute Gasteiger partial charge is 0.376 e. The first-order chi connectivity index (χ1) is 18.3. The predicted molar refractivity (Wildman–Crippen MR) is 140 cm³/mol. The van der Waals surface area contributed by atoms with E-state index in [1.807, 2.05) is 31.2 Å². The van der Waals surface area contributed by atoms with Crippen LogP contribution < -0.4 is 10.5 Å². The summed E-state index contributed by atoms with van der Waals surface area (Å²) in [6.07, 6.45) is 1.59. The highest BCUT2D eigenvalue weighted by molar-refractivity contribution is 6.31. The minimum absolute atomic E-state index is 0.200. The molecule has 4 atom stereocenters. The van der Waals surface area contributed by atoms with Gasteiger partial charge in [-0.1, -0.05) is 35.9 Å². The van der Waals surface area contributed by atoms with Crippen molar-refractivity contribution < 1.29 is 18.8 Å². The number of aromatic nitrogens is 1. The van der Waals surface area contributed by atoms with Gasteiger partial charge in [0.25, 0.3) is 5.56 Å². The highest BCUT2D eigenvalue weighted by atomic mass is 35.5. The van der Waals surface area contributed by atoms with E-state index in [9.17, 15) is 19.6 Å². The van der Waals surface area contributed by atoms with Crippen LogP contribution in [0.3, 0.4) is 0 Å². The van der Waals surface area contributed by atoms with Gasteiger partial charge in [-0.3, -0.25) is 14.4 Å². The molecule has 7 rings (SSSR count). The van der Waals surface area contributed by atoms with Gasteiger partial charge in [-0.25, -0.2) is 4.90 Å². The molecule has 3 fully saturated rings. The Morgan fingerprint density at radius 2 is 1.76 bits per heavy atom. The Kier molecular flexibility index (Phi) is 4.76. The predicted octanol–water partition coefficient (Wildman–Crippen LogP) is 4.79. The number of halogens is 1.